The summed E-state index contributed by atoms with van der Waals surface area (Å²) in [6.45, 7) is 17.5. The second kappa shape index (κ2) is 12.5. The van der Waals surface area contributed by atoms with Gasteiger partial charge in [-0.3, -0.25) is 10.1 Å². The maximum absolute atomic E-state index is 11.9. The van der Waals surface area contributed by atoms with Gasteiger partial charge in [0.1, 0.15) is 23.4 Å². The lowest BCUT2D eigenvalue weighted by Gasteiger charge is -2.39. The van der Waals surface area contributed by atoms with Crippen molar-refractivity contribution in [1.82, 2.24) is 14.5 Å². The van der Waals surface area contributed by atoms with Crippen LogP contribution in [0.1, 0.15) is 77.8 Å². The molecule has 3 aromatic rings. The highest BCUT2D eigenvalue weighted by molar-refractivity contribution is 14.1. The number of ether oxygens (including phenoxy) is 2. The molecule has 224 valence electrons. The van der Waals surface area contributed by atoms with Crippen molar-refractivity contribution < 1.29 is 18.8 Å². The summed E-state index contributed by atoms with van der Waals surface area (Å²) >= 11 is 8.70. The van der Waals surface area contributed by atoms with Gasteiger partial charge in [-0.1, -0.05) is 53.1 Å². The largest absolute Gasteiger partial charge is 0.411 e. The summed E-state index contributed by atoms with van der Waals surface area (Å²) in [4.78, 5) is 20.3. The molecule has 0 bridgehead atoms. The molecule has 1 saturated heterocycles. The van der Waals surface area contributed by atoms with Crippen LogP contribution in [0.25, 0.3) is 11.0 Å². The lowest BCUT2D eigenvalue weighted by molar-refractivity contribution is -0.386. The van der Waals surface area contributed by atoms with Crippen LogP contribution >= 0.6 is 34.2 Å². The molecule has 41 heavy (non-hydrogen) atoms. The highest BCUT2D eigenvalue weighted by Gasteiger charge is 2.45. The Bertz CT molecular complexity index is 1410. The molecule has 0 radical (unpaired) electrons. The molecule has 1 aliphatic heterocycles. The van der Waals surface area contributed by atoms with Crippen LogP contribution in [0.5, 0.6) is 0 Å². The van der Waals surface area contributed by atoms with Gasteiger partial charge in [0.25, 0.3) is 5.69 Å². The zero-order valence-corrected chi connectivity index (χ0v) is 28.9. The molecule has 4 rings (SSSR count). The summed E-state index contributed by atoms with van der Waals surface area (Å²) in [6, 6.07) is 5.22. The van der Waals surface area contributed by atoms with Gasteiger partial charge in [0.2, 0.25) is 0 Å². The standard InChI is InChI=1S/C29H40ClIN4O5Si/c1-9-22-23(40-41(7,8)29(4,5)6)13-24(39-22)34-14-18(25-27(30)32-16-33-28(25)34)15-38-26(17(2)3)20-11-10-19(31)12-21(20)35(36)37/h10-12,14,16-17,22-24,26H,9,13,15H2,1-8H3/t22-,23?,24-,26-/m1/s1. The first-order valence-corrected chi connectivity index (χ1v) is 18.4. The Kier molecular flexibility index (Phi) is 9.86. The third-order valence-electron chi connectivity index (χ3n) is 8.31. The van der Waals surface area contributed by atoms with E-state index in [-0.39, 0.29) is 46.6 Å². The van der Waals surface area contributed by atoms with Crippen LogP contribution in [0, 0.1) is 19.6 Å². The third-order valence-corrected chi connectivity index (χ3v) is 13.8. The van der Waals surface area contributed by atoms with E-state index in [0.717, 1.165) is 15.6 Å². The van der Waals surface area contributed by atoms with Crippen molar-refractivity contribution in [2.24, 2.45) is 5.92 Å². The Balaban J connectivity index is 1.65. The Hall–Kier alpha value is -1.64. The monoisotopic (exact) mass is 714 g/mol. The molecule has 1 aliphatic rings. The molecule has 9 nitrogen and oxygen atoms in total. The topological polar surface area (TPSA) is 102 Å². The fourth-order valence-corrected chi connectivity index (χ4v) is 7.18. The van der Waals surface area contributed by atoms with Gasteiger partial charge >= 0.3 is 0 Å². The zero-order chi connectivity index (χ0) is 30.3. The van der Waals surface area contributed by atoms with E-state index in [1.54, 1.807) is 12.1 Å². The predicted octanol–water partition coefficient (Wildman–Crippen LogP) is 8.60. The van der Waals surface area contributed by atoms with E-state index in [2.05, 4.69) is 73.3 Å². The van der Waals surface area contributed by atoms with Crippen LogP contribution in [0.4, 0.5) is 5.69 Å². The fraction of sp³-hybridized carbons (Fsp3) is 0.586. The number of aromatic nitrogens is 3. The lowest BCUT2D eigenvalue weighted by atomic mass is 9.97. The zero-order valence-electron chi connectivity index (χ0n) is 25.0. The van der Waals surface area contributed by atoms with Gasteiger partial charge in [-0.25, -0.2) is 9.97 Å². The second-order valence-corrected chi connectivity index (χ2v) is 18.9. The summed E-state index contributed by atoms with van der Waals surface area (Å²) in [5.41, 5.74) is 2.07. The van der Waals surface area contributed by atoms with Crippen molar-refractivity contribution >= 4 is 59.2 Å². The van der Waals surface area contributed by atoms with Gasteiger partial charge in [-0.15, -0.1) is 0 Å². The molecule has 0 amide bonds. The lowest BCUT2D eigenvalue weighted by Crippen LogP contribution is -2.45. The average Bonchev–Trinajstić information content (AvgIpc) is 3.45. The van der Waals surface area contributed by atoms with E-state index in [0.29, 0.717) is 28.2 Å². The van der Waals surface area contributed by atoms with Crippen molar-refractivity contribution in [2.45, 2.75) is 104 Å². The second-order valence-electron chi connectivity index (χ2n) is 12.6. The summed E-state index contributed by atoms with van der Waals surface area (Å²) in [7, 11) is -2.01. The minimum Gasteiger partial charge on any atom is -0.411 e. The first-order chi connectivity index (χ1) is 19.1. The molecule has 0 spiro atoms. The van der Waals surface area contributed by atoms with Crippen molar-refractivity contribution in [3.8, 4) is 0 Å². The van der Waals surface area contributed by atoms with E-state index < -0.39 is 14.4 Å². The number of fused-ring (bicyclic) bond motifs is 1. The molecular weight excluding hydrogens is 675 g/mol. The minimum absolute atomic E-state index is 0.00875. The summed E-state index contributed by atoms with van der Waals surface area (Å²) in [6.07, 6.45) is 4.12. The number of benzene rings is 1. The SMILES string of the molecule is CC[C@H]1O[C@@H](n2cc(CO[C@@H](c3ccc(I)cc3[N+](=O)[O-])C(C)C)c3c(Cl)ncnc32)CC1O[Si](C)(C)C(C)(C)C. The van der Waals surface area contributed by atoms with Crippen molar-refractivity contribution in [2.75, 3.05) is 0 Å². The normalized spacial score (nSPS) is 20.7. The van der Waals surface area contributed by atoms with Crippen LogP contribution in [0.15, 0.2) is 30.7 Å². The molecule has 4 atom stereocenters. The Morgan fingerprint density at radius 3 is 2.61 bits per heavy atom. The number of hydrogen-bond donors (Lipinski definition) is 0. The highest BCUT2D eigenvalue weighted by Crippen LogP contribution is 2.43. The van der Waals surface area contributed by atoms with E-state index in [1.807, 2.05) is 30.7 Å². The van der Waals surface area contributed by atoms with Gasteiger partial charge in [0.15, 0.2) is 8.32 Å². The fourth-order valence-electron chi connectivity index (χ4n) is 5.10. The van der Waals surface area contributed by atoms with Crippen molar-refractivity contribution in [3.05, 3.63) is 60.7 Å². The van der Waals surface area contributed by atoms with Crippen LogP contribution in [-0.2, 0) is 20.5 Å². The van der Waals surface area contributed by atoms with Gasteiger partial charge in [0.05, 0.1) is 40.8 Å². The summed E-state index contributed by atoms with van der Waals surface area (Å²) < 4.78 is 22.6. The van der Waals surface area contributed by atoms with Crippen LogP contribution in [0.2, 0.25) is 23.3 Å². The Morgan fingerprint density at radius 1 is 1.29 bits per heavy atom. The van der Waals surface area contributed by atoms with Gasteiger partial charge in [-0.2, -0.15) is 0 Å². The average molecular weight is 715 g/mol. The number of hydrogen-bond acceptors (Lipinski definition) is 7. The molecule has 1 unspecified atom stereocenters. The molecule has 0 N–H and O–H groups in total. The Labute approximate surface area is 261 Å². The molecule has 2 aromatic heterocycles. The molecule has 3 heterocycles. The molecule has 0 aliphatic carbocycles. The first-order valence-electron chi connectivity index (χ1n) is 14.0. The maximum Gasteiger partial charge on any atom is 0.276 e. The van der Waals surface area contributed by atoms with Crippen LogP contribution in [-0.4, -0.2) is 40.0 Å². The number of nitro groups is 1. The highest BCUT2D eigenvalue weighted by atomic mass is 127. The van der Waals surface area contributed by atoms with Crippen molar-refractivity contribution in [1.29, 1.82) is 0 Å². The number of halogens is 2. The number of nitro benzene ring substituents is 1. The number of rotatable bonds is 10. The third kappa shape index (κ3) is 6.80. The van der Waals surface area contributed by atoms with Crippen molar-refractivity contribution in [3.63, 3.8) is 0 Å². The quantitative estimate of drug-likeness (QED) is 0.0682. The van der Waals surface area contributed by atoms with Crippen LogP contribution < -0.4 is 0 Å². The van der Waals surface area contributed by atoms with E-state index >= 15 is 0 Å². The Morgan fingerprint density at radius 2 is 2.00 bits per heavy atom. The molecule has 1 fully saturated rings. The molecule has 12 heteroatoms. The van der Waals surface area contributed by atoms with E-state index in [9.17, 15) is 10.1 Å². The maximum atomic E-state index is 11.9. The molecule has 0 saturated carbocycles. The first kappa shape index (κ1) is 32.3. The van der Waals surface area contributed by atoms with Crippen LogP contribution in [0.3, 0.4) is 0 Å². The predicted molar refractivity (Wildman–Crippen MR) is 172 cm³/mol. The van der Waals surface area contributed by atoms with E-state index in [1.165, 1.54) is 6.33 Å². The van der Waals surface area contributed by atoms with Gasteiger partial charge < -0.3 is 18.5 Å². The van der Waals surface area contributed by atoms with Gasteiger partial charge in [-0.05, 0) is 65.2 Å². The molecular formula is C29H40ClIN4O5Si. The number of nitrogens with zero attached hydrogens (tertiary/aromatic N) is 4. The van der Waals surface area contributed by atoms with Gasteiger partial charge in [0, 0.05) is 27.8 Å². The molecule has 1 aromatic carbocycles. The van der Waals surface area contributed by atoms with E-state index in [4.69, 9.17) is 25.5 Å². The minimum atomic E-state index is -2.01. The summed E-state index contributed by atoms with van der Waals surface area (Å²) in [5.74, 6) is -0.00875. The summed E-state index contributed by atoms with van der Waals surface area (Å²) in [5, 5.41) is 13.0. The smallest absolute Gasteiger partial charge is 0.276 e.